The maximum Gasteiger partial charge on any atom is 0.241 e. The van der Waals surface area contributed by atoms with Gasteiger partial charge in [-0.2, -0.15) is 0 Å². The smallest absolute Gasteiger partial charge is 0.241 e. The molecule has 1 aromatic rings. The molecule has 130 valence electrons. The van der Waals surface area contributed by atoms with Crippen LogP contribution in [-0.4, -0.2) is 42.5 Å². The third-order valence-corrected chi connectivity index (χ3v) is 5.88. The second-order valence-electron chi connectivity index (χ2n) is 7.53. The van der Waals surface area contributed by atoms with Gasteiger partial charge in [0.2, 0.25) is 5.91 Å². The second-order valence-corrected chi connectivity index (χ2v) is 7.53. The van der Waals surface area contributed by atoms with E-state index in [4.69, 9.17) is 0 Å². The van der Waals surface area contributed by atoms with E-state index in [0.29, 0.717) is 17.9 Å². The van der Waals surface area contributed by atoms with Gasteiger partial charge in [0.05, 0.1) is 0 Å². The number of hydrazine groups is 1. The number of hydrogen-bond acceptors (Lipinski definition) is 4. The van der Waals surface area contributed by atoms with Crippen molar-refractivity contribution in [3.63, 3.8) is 0 Å². The molecule has 5 heteroatoms. The largest absolute Gasteiger partial charge is 0.337 e. The first kappa shape index (κ1) is 16.1. The number of rotatable bonds is 5. The van der Waals surface area contributed by atoms with Crippen molar-refractivity contribution >= 4 is 5.91 Å². The van der Waals surface area contributed by atoms with Crippen LogP contribution in [0.15, 0.2) is 30.3 Å². The quantitative estimate of drug-likeness (QED) is 0.762. The molecule has 0 spiro atoms. The Hall–Kier alpha value is -1.43. The first-order valence-corrected chi connectivity index (χ1v) is 9.36. The van der Waals surface area contributed by atoms with Crippen molar-refractivity contribution in [3.8, 4) is 0 Å². The van der Waals surface area contributed by atoms with Crippen LogP contribution in [0.3, 0.4) is 0 Å². The predicted molar refractivity (Wildman–Crippen MR) is 94.0 cm³/mol. The van der Waals surface area contributed by atoms with Crippen molar-refractivity contribution in [2.75, 3.05) is 19.6 Å². The van der Waals surface area contributed by atoms with Gasteiger partial charge in [-0.3, -0.25) is 10.2 Å². The summed E-state index contributed by atoms with van der Waals surface area (Å²) in [5.74, 6) is 1.30. The summed E-state index contributed by atoms with van der Waals surface area (Å²) in [5.41, 5.74) is 7.86. The highest BCUT2D eigenvalue weighted by atomic mass is 16.2. The van der Waals surface area contributed by atoms with E-state index in [1.807, 2.05) is 6.07 Å². The molecule has 2 saturated heterocycles. The van der Waals surface area contributed by atoms with Gasteiger partial charge in [0.1, 0.15) is 6.04 Å². The number of fused-ring (bicyclic) bond motifs is 1. The molecule has 4 rings (SSSR count). The van der Waals surface area contributed by atoms with Crippen molar-refractivity contribution in [1.29, 1.82) is 0 Å². The Kier molecular flexibility index (Phi) is 4.83. The van der Waals surface area contributed by atoms with Crippen LogP contribution in [0.4, 0.5) is 0 Å². The average molecular weight is 328 g/mol. The minimum atomic E-state index is -0.105. The topological polar surface area (TPSA) is 56.4 Å². The molecule has 2 aliphatic heterocycles. The number of hydrogen-bond donors (Lipinski definition) is 3. The molecule has 1 saturated carbocycles. The Bertz CT molecular complexity index is 560. The van der Waals surface area contributed by atoms with E-state index in [9.17, 15) is 4.79 Å². The number of carbonyl (C=O) groups excluding carboxylic acids is 1. The maximum atomic E-state index is 13.3. The zero-order valence-electron chi connectivity index (χ0n) is 14.2. The fourth-order valence-electron chi connectivity index (χ4n) is 4.18. The third kappa shape index (κ3) is 3.34. The highest BCUT2D eigenvalue weighted by Crippen LogP contribution is 2.29. The zero-order valence-corrected chi connectivity index (χ0v) is 14.2. The van der Waals surface area contributed by atoms with Crippen LogP contribution in [-0.2, 0) is 11.3 Å². The minimum absolute atomic E-state index is 0.105. The molecule has 3 aliphatic rings. The zero-order chi connectivity index (χ0) is 16.4. The lowest BCUT2D eigenvalue weighted by Crippen LogP contribution is -2.51. The first-order chi connectivity index (χ1) is 11.8. The molecule has 0 bridgehead atoms. The minimum Gasteiger partial charge on any atom is -0.337 e. The molecule has 0 aromatic heterocycles. The Morgan fingerprint density at radius 3 is 2.71 bits per heavy atom. The number of nitrogens with zero attached hydrogens (tertiary/aromatic N) is 1. The summed E-state index contributed by atoms with van der Waals surface area (Å²) in [6.45, 7) is 3.58. The molecule has 1 amide bonds. The molecule has 3 atom stereocenters. The number of nitrogens with one attached hydrogen (secondary N) is 3. The summed E-state index contributed by atoms with van der Waals surface area (Å²) >= 11 is 0. The van der Waals surface area contributed by atoms with Crippen LogP contribution in [0.2, 0.25) is 0 Å². The van der Waals surface area contributed by atoms with Crippen molar-refractivity contribution < 1.29 is 4.79 Å². The van der Waals surface area contributed by atoms with Crippen molar-refractivity contribution in [2.24, 2.45) is 11.8 Å². The third-order valence-electron chi connectivity index (χ3n) is 5.88. The second kappa shape index (κ2) is 7.21. The highest BCUT2D eigenvalue weighted by molar-refractivity contribution is 5.82. The molecule has 3 fully saturated rings. The van der Waals surface area contributed by atoms with Gasteiger partial charge in [-0.05, 0) is 37.3 Å². The molecule has 2 heterocycles. The van der Waals surface area contributed by atoms with Gasteiger partial charge in [-0.15, -0.1) is 0 Å². The lowest BCUT2D eigenvalue weighted by Gasteiger charge is -2.35. The SMILES string of the molecule is O=C(C1NNC2CCNCC21)N(Cc1ccccc1)CC1CCC1. The predicted octanol–water partition coefficient (Wildman–Crippen LogP) is 1.27. The van der Waals surface area contributed by atoms with E-state index in [2.05, 4.69) is 45.3 Å². The van der Waals surface area contributed by atoms with Crippen molar-refractivity contribution in [3.05, 3.63) is 35.9 Å². The lowest BCUT2D eigenvalue weighted by atomic mass is 9.84. The summed E-state index contributed by atoms with van der Waals surface area (Å²) in [4.78, 5) is 15.4. The Labute approximate surface area is 144 Å². The number of benzene rings is 1. The molecule has 1 aliphatic carbocycles. The van der Waals surface area contributed by atoms with Gasteiger partial charge >= 0.3 is 0 Å². The lowest BCUT2D eigenvalue weighted by molar-refractivity contribution is -0.136. The fourth-order valence-corrected chi connectivity index (χ4v) is 4.18. The summed E-state index contributed by atoms with van der Waals surface area (Å²) in [6.07, 6.45) is 4.93. The molecule has 1 aromatic carbocycles. The summed E-state index contributed by atoms with van der Waals surface area (Å²) in [6, 6.07) is 10.7. The molecule has 0 radical (unpaired) electrons. The fraction of sp³-hybridized carbons (Fsp3) is 0.632. The van der Waals surface area contributed by atoms with Crippen LogP contribution >= 0.6 is 0 Å². The summed E-state index contributed by atoms with van der Waals surface area (Å²) in [7, 11) is 0. The van der Waals surface area contributed by atoms with Crippen LogP contribution in [0.25, 0.3) is 0 Å². The maximum absolute atomic E-state index is 13.3. The van der Waals surface area contributed by atoms with E-state index in [-0.39, 0.29) is 11.9 Å². The van der Waals surface area contributed by atoms with Crippen LogP contribution in [0.1, 0.15) is 31.2 Å². The molecular formula is C19H28N4O. The van der Waals surface area contributed by atoms with E-state index in [1.54, 1.807) is 0 Å². The van der Waals surface area contributed by atoms with Crippen LogP contribution in [0.5, 0.6) is 0 Å². The van der Waals surface area contributed by atoms with E-state index >= 15 is 0 Å². The Balaban J connectivity index is 1.47. The normalized spacial score (nSPS) is 29.8. The Morgan fingerprint density at radius 2 is 1.96 bits per heavy atom. The van der Waals surface area contributed by atoms with Gasteiger partial charge in [0.25, 0.3) is 0 Å². The first-order valence-electron chi connectivity index (χ1n) is 9.36. The van der Waals surface area contributed by atoms with E-state index in [0.717, 1.165) is 32.6 Å². The van der Waals surface area contributed by atoms with Crippen molar-refractivity contribution in [1.82, 2.24) is 21.1 Å². The van der Waals surface area contributed by atoms with Gasteiger partial charge < -0.3 is 10.2 Å². The highest BCUT2D eigenvalue weighted by Gasteiger charge is 2.43. The van der Waals surface area contributed by atoms with Gasteiger partial charge in [0.15, 0.2) is 0 Å². The van der Waals surface area contributed by atoms with Gasteiger partial charge in [0, 0.05) is 31.6 Å². The summed E-state index contributed by atoms with van der Waals surface area (Å²) in [5, 5.41) is 3.44. The molecule has 5 nitrogen and oxygen atoms in total. The van der Waals surface area contributed by atoms with Crippen LogP contribution in [0, 0.1) is 11.8 Å². The van der Waals surface area contributed by atoms with E-state index < -0.39 is 0 Å². The van der Waals surface area contributed by atoms with E-state index in [1.165, 1.54) is 24.8 Å². The number of carbonyl (C=O) groups is 1. The monoisotopic (exact) mass is 328 g/mol. The number of piperidine rings is 1. The standard InChI is InChI=1S/C19H28N4O/c24-19(18-16-11-20-10-9-17(16)21-22-18)23(13-15-7-4-8-15)12-14-5-2-1-3-6-14/h1-3,5-6,15-18,20-22H,4,7-13H2. The molecular weight excluding hydrogens is 300 g/mol. The van der Waals surface area contributed by atoms with Gasteiger partial charge in [-0.1, -0.05) is 36.8 Å². The van der Waals surface area contributed by atoms with Gasteiger partial charge in [-0.25, -0.2) is 5.43 Å². The number of amides is 1. The molecule has 24 heavy (non-hydrogen) atoms. The average Bonchev–Trinajstić information content (AvgIpc) is 3.01. The Morgan fingerprint density at radius 1 is 1.12 bits per heavy atom. The molecule has 3 N–H and O–H groups in total. The summed E-state index contributed by atoms with van der Waals surface area (Å²) < 4.78 is 0. The molecule has 3 unspecified atom stereocenters. The van der Waals surface area contributed by atoms with Crippen LogP contribution < -0.4 is 16.2 Å². The van der Waals surface area contributed by atoms with Crippen molar-refractivity contribution in [2.45, 2.75) is 44.3 Å².